The average Bonchev–Trinajstić information content (AvgIpc) is 2.31. The first-order valence-corrected chi connectivity index (χ1v) is 6.18. The van der Waals surface area contributed by atoms with Gasteiger partial charge in [0.15, 0.2) is 6.10 Å². The van der Waals surface area contributed by atoms with E-state index in [9.17, 15) is 9.59 Å². The summed E-state index contributed by atoms with van der Waals surface area (Å²) in [4.78, 5) is 23.6. The summed E-state index contributed by atoms with van der Waals surface area (Å²) in [6.07, 6.45) is -0.852. The number of esters is 1. The van der Waals surface area contributed by atoms with E-state index in [1.807, 2.05) is 20.8 Å². The van der Waals surface area contributed by atoms with E-state index < -0.39 is 12.1 Å². The van der Waals surface area contributed by atoms with Crippen LogP contribution in [0, 0.1) is 6.92 Å². The van der Waals surface area contributed by atoms with E-state index >= 15 is 0 Å². The summed E-state index contributed by atoms with van der Waals surface area (Å²) in [5.74, 6) is -0.915. The van der Waals surface area contributed by atoms with Gasteiger partial charge in [0.25, 0.3) is 5.91 Å². The summed E-state index contributed by atoms with van der Waals surface area (Å²) in [6.45, 7) is 7.06. The van der Waals surface area contributed by atoms with Crippen molar-refractivity contribution in [2.45, 2.75) is 39.8 Å². The molecule has 0 aliphatic heterocycles. The molecule has 0 aromatic heterocycles. The van der Waals surface area contributed by atoms with E-state index in [2.05, 4.69) is 5.32 Å². The summed E-state index contributed by atoms with van der Waals surface area (Å²) in [7, 11) is 0. The molecule has 0 aliphatic carbocycles. The van der Waals surface area contributed by atoms with Gasteiger partial charge < -0.3 is 15.8 Å². The maximum Gasteiger partial charge on any atom is 0.341 e. The van der Waals surface area contributed by atoms with Gasteiger partial charge in [0, 0.05) is 11.7 Å². The van der Waals surface area contributed by atoms with Crippen LogP contribution in [0.2, 0.25) is 0 Å². The Balaban J connectivity index is 2.74. The number of nitrogens with one attached hydrogen (secondary N) is 1. The minimum atomic E-state index is -0.852. The van der Waals surface area contributed by atoms with Crippen molar-refractivity contribution >= 4 is 17.6 Å². The van der Waals surface area contributed by atoms with Gasteiger partial charge in [0.05, 0.1) is 5.56 Å². The Morgan fingerprint density at radius 3 is 2.47 bits per heavy atom. The predicted octanol–water partition coefficient (Wildman–Crippen LogP) is 1.65. The molecule has 0 radical (unpaired) electrons. The maximum absolute atomic E-state index is 11.9. The van der Waals surface area contributed by atoms with Gasteiger partial charge in [-0.15, -0.1) is 0 Å². The smallest absolute Gasteiger partial charge is 0.341 e. The molecule has 0 saturated heterocycles. The average molecular weight is 264 g/mol. The number of ether oxygens (including phenoxy) is 1. The third kappa shape index (κ3) is 4.28. The lowest BCUT2D eigenvalue weighted by atomic mass is 10.1. The summed E-state index contributed by atoms with van der Waals surface area (Å²) in [5.41, 5.74) is 7.25. The van der Waals surface area contributed by atoms with Crippen LogP contribution in [0.4, 0.5) is 5.69 Å². The van der Waals surface area contributed by atoms with E-state index in [4.69, 9.17) is 10.5 Å². The van der Waals surface area contributed by atoms with Crippen LogP contribution in [-0.4, -0.2) is 24.0 Å². The van der Waals surface area contributed by atoms with Gasteiger partial charge in [-0.3, -0.25) is 4.79 Å². The molecule has 0 fully saturated rings. The Hall–Kier alpha value is -2.04. The van der Waals surface area contributed by atoms with E-state index in [-0.39, 0.29) is 17.5 Å². The van der Waals surface area contributed by atoms with E-state index in [0.717, 1.165) is 5.56 Å². The first kappa shape index (κ1) is 15.0. The fourth-order valence-electron chi connectivity index (χ4n) is 1.53. The fraction of sp³-hybridized carbons (Fsp3) is 0.429. The molecule has 1 rings (SSSR count). The van der Waals surface area contributed by atoms with Crippen LogP contribution in [0.5, 0.6) is 0 Å². The molecule has 1 aromatic carbocycles. The second-order valence-corrected chi connectivity index (χ2v) is 4.80. The zero-order valence-electron chi connectivity index (χ0n) is 11.7. The summed E-state index contributed by atoms with van der Waals surface area (Å²) < 4.78 is 5.10. The maximum atomic E-state index is 11.9. The standard InChI is InChI=1S/C14H20N2O3/c1-8(2)16-13(17)10(4)19-14(18)11-7-9(3)5-6-12(11)15/h5-8,10H,15H2,1-4H3,(H,16,17). The summed E-state index contributed by atoms with van der Waals surface area (Å²) >= 11 is 0. The van der Waals surface area contributed by atoms with Crippen molar-refractivity contribution in [2.75, 3.05) is 5.73 Å². The molecule has 0 heterocycles. The number of nitrogen functional groups attached to an aromatic ring is 1. The van der Waals surface area contributed by atoms with Crippen LogP contribution in [0.1, 0.15) is 36.7 Å². The highest BCUT2D eigenvalue weighted by molar-refractivity contribution is 5.96. The Labute approximate surface area is 113 Å². The number of nitrogens with two attached hydrogens (primary N) is 1. The molecule has 0 aliphatic rings. The molecule has 1 unspecified atom stereocenters. The van der Waals surface area contributed by atoms with Crippen LogP contribution in [0.25, 0.3) is 0 Å². The lowest BCUT2D eigenvalue weighted by Gasteiger charge is -2.16. The van der Waals surface area contributed by atoms with E-state index in [1.54, 1.807) is 18.2 Å². The summed E-state index contributed by atoms with van der Waals surface area (Å²) in [6, 6.07) is 5.09. The molecule has 1 aromatic rings. The number of hydrogen-bond donors (Lipinski definition) is 2. The number of hydrogen-bond acceptors (Lipinski definition) is 4. The van der Waals surface area contributed by atoms with Crippen molar-refractivity contribution < 1.29 is 14.3 Å². The Morgan fingerprint density at radius 1 is 1.26 bits per heavy atom. The number of benzene rings is 1. The van der Waals surface area contributed by atoms with Crippen LogP contribution < -0.4 is 11.1 Å². The van der Waals surface area contributed by atoms with E-state index in [0.29, 0.717) is 5.69 Å². The number of carbonyl (C=O) groups is 2. The highest BCUT2D eigenvalue weighted by Crippen LogP contribution is 2.15. The van der Waals surface area contributed by atoms with Crippen molar-refractivity contribution in [1.82, 2.24) is 5.32 Å². The number of rotatable bonds is 4. The van der Waals surface area contributed by atoms with Crippen LogP contribution in [0.15, 0.2) is 18.2 Å². The van der Waals surface area contributed by atoms with Gasteiger partial charge in [-0.1, -0.05) is 11.6 Å². The minimum absolute atomic E-state index is 0.00214. The zero-order valence-corrected chi connectivity index (χ0v) is 11.7. The molecule has 104 valence electrons. The monoisotopic (exact) mass is 264 g/mol. The van der Waals surface area contributed by atoms with Crippen molar-refractivity contribution in [3.63, 3.8) is 0 Å². The topological polar surface area (TPSA) is 81.4 Å². The van der Waals surface area contributed by atoms with Crippen molar-refractivity contribution in [3.8, 4) is 0 Å². The van der Waals surface area contributed by atoms with Gasteiger partial charge in [-0.2, -0.15) is 0 Å². The van der Waals surface area contributed by atoms with Crippen LogP contribution in [-0.2, 0) is 9.53 Å². The normalized spacial score (nSPS) is 12.1. The van der Waals surface area contributed by atoms with Crippen LogP contribution in [0.3, 0.4) is 0 Å². The van der Waals surface area contributed by atoms with Gasteiger partial charge in [0.2, 0.25) is 0 Å². The zero-order chi connectivity index (χ0) is 14.6. The number of carbonyl (C=O) groups excluding carboxylic acids is 2. The first-order chi connectivity index (χ1) is 8.81. The molecule has 1 amide bonds. The second kappa shape index (κ2) is 6.22. The molecule has 5 nitrogen and oxygen atoms in total. The lowest BCUT2D eigenvalue weighted by Crippen LogP contribution is -2.39. The Bertz CT molecular complexity index is 484. The molecule has 19 heavy (non-hydrogen) atoms. The highest BCUT2D eigenvalue weighted by atomic mass is 16.5. The molecular weight excluding hydrogens is 244 g/mol. The first-order valence-electron chi connectivity index (χ1n) is 6.18. The molecule has 1 atom stereocenters. The summed E-state index contributed by atoms with van der Waals surface area (Å²) in [5, 5.41) is 2.68. The van der Waals surface area contributed by atoms with Gasteiger partial charge in [0.1, 0.15) is 0 Å². The molecule has 0 bridgehead atoms. The largest absolute Gasteiger partial charge is 0.449 e. The van der Waals surface area contributed by atoms with Crippen molar-refractivity contribution in [1.29, 1.82) is 0 Å². The van der Waals surface area contributed by atoms with Gasteiger partial charge >= 0.3 is 5.97 Å². The number of anilines is 1. The van der Waals surface area contributed by atoms with Crippen LogP contribution >= 0.6 is 0 Å². The third-order valence-corrected chi connectivity index (χ3v) is 2.51. The molecule has 5 heteroatoms. The molecule has 3 N–H and O–H groups in total. The molecule has 0 saturated carbocycles. The quantitative estimate of drug-likeness (QED) is 0.640. The van der Waals surface area contributed by atoms with E-state index in [1.165, 1.54) is 6.92 Å². The number of amides is 1. The predicted molar refractivity (Wildman–Crippen MR) is 73.7 cm³/mol. The Kier molecular flexibility index (Phi) is 4.92. The fourth-order valence-corrected chi connectivity index (χ4v) is 1.53. The van der Waals surface area contributed by atoms with Gasteiger partial charge in [-0.25, -0.2) is 4.79 Å². The SMILES string of the molecule is Cc1ccc(N)c(C(=O)OC(C)C(=O)NC(C)C)c1. The Morgan fingerprint density at radius 2 is 1.89 bits per heavy atom. The molecular formula is C14H20N2O3. The highest BCUT2D eigenvalue weighted by Gasteiger charge is 2.20. The number of aryl methyl sites for hydroxylation is 1. The van der Waals surface area contributed by atoms with Crippen molar-refractivity contribution in [2.24, 2.45) is 0 Å². The molecule has 0 spiro atoms. The lowest BCUT2D eigenvalue weighted by molar-refractivity contribution is -0.129. The van der Waals surface area contributed by atoms with Crippen molar-refractivity contribution in [3.05, 3.63) is 29.3 Å². The second-order valence-electron chi connectivity index (χ2n) is 4.80. The minimum Gasteiger partial charge on any atom is -0.449 e. The van der Waals surface area contributed by atoms with Gasteiger partial charge in [-0.05, 0) is 39.8 Å². The third-order valence-electron chi connectivity index (χ3n) is 2.51.